The number of hydrogen-bond acceptors (Lipinski definition) is 6. The van der Waals surface area contributed by atoms with Gasteiger partial charge in [0.15, 0.2) is 11.6 Å². The van der Waals surface area contributed by atoms with E-state index in [0.29, 0.717) is 42.2 Å². The Kier molecular flexibility index (Phi) is 5.31. The Morgan fingerprint density at radius 3 is 2.75 bits per heavy atom. The summed E-state index contributed by atoms with van der Waals surface area (Å²) in [5.41, 5.74) is 7.05. The number of nitrogens with zero attached hydrogens (tertiary/aromatic N) is 3. The summed E-state index contributed by atoms with van der Waals surface area (Å²) in [6.07, 6.45) is 0. The largest absolute Gasteiger partial charge is 0.476 e. The van der Waals surface area contributed by atoms with E-state index in [9.17, 15) is 8.78 Å². The lowest BCUT2D eigenvalue weighted by Crippen LogP contribution is -2.38. The second kappa shape index (κ2) is 8.04. The van der Waals surface area contributed by atoms with Gasteiger partial charge in [-0.2, -0.15) is 4.98 Å². The molecule has 1 aromatic heterocycles. The van der Waals surface area contributed by atoms with Crippen LogP contribution in [0.3, 0.4) is 0 Å². The molecule has 4 rings (SSSR count). The molecular weight excluding hydrogens is 366 g/mol. The molecule has 8 heteroatoms. The van der Waals surface area contributed by atoms with Gasteiger partial charge in [-0.3, -0.25) is 4.90 Å². The second-order valence-corrected chi connectivity index (χ2v) is 6.52. The fourth-order valence-corrected chi connectivity index (χ4v) is 3.22. The number of morpholine rings is 1. The van der Waals surface area contributed by atoms with Gasteiger partial charge in [0.2, 0.25) is 11.8 Å². The monoisotopic (exact) mass is 386 g/mol. The molecule has 1 fully saturated rings. The molecule has 146 valence electrons. The van der Waals surface area contributed by atoms with Crippen molar-refractivity contribution in [2.75, 3.05) is 45.2 Å². The van der Waals surface area contributed by atoms with Crippen LogP contribution in [0, 0.1) is 11.6 Å². The summed E-state index contributed by atoms with van der Waals surface area (Å²) < 4.78 is 39.0. The molecule has 0 unspecified atom stereocenters. The predicted molar refractivity (Wildman–Crippen MR) is 102 cm³/mol. The first-order chi connectivity index (χ1) is 13.6. The molecule has 2 heterocycles. The topological polar surface area (TPSA) is 73.5 Å². The number of rotatable bonds is 5. The molecule has 0 saturated carbocycles. The van der Waals surface area contributed by atoms with Crippen molar-refractivity contribution < 1.29 is 18.3 Å². The average Bonchev–Trinajstić information content (AvgIpc) is 2.70. The highest BCUT2D eigenvalue weighted by atomic mass is 19.2. The number of aromatic nitrogens is 2. The quantitative estimate of drug-likeness (QED) is 0.727. The molecule has 2 aromatic carbocycles. The minimum absolute atomic E-state index is 0.0959. The molecule has 1 aliphatic rings. The van der Waals surface area contributed by atoms with E-state index in [1.807, 2.05) is 0 Å². The number of anilines is 1. The van der Waals surface area contributed by atoms with Crippen LogP contribution < -0.4 is 10.5 Å². The first-order valence-corrected chi connectivity index (χ1v) is 9.06. The van der Waals surface area contributed by atoms with E-state index in [1.54, 1.807) is 18.2 Å². The van der Waals surface area contributed by atoms with E-state index < -0.39 is 11.6 Å². The lowest BCUT2D eigenvalue weighted by atomic mass is 10.0. The Morgan fingerprint density at radius 2 is 1.93 bits per heavy atom. The second-order valence-electron chi connectivity index (χ2n) is 6.52. The van der Waals surface area contributed by atoms with E-state index in [1.165, 1.54) is 12.1 Å². The molecule has 1 aliphatic heterocycles. The van der Waals surface area contributed by atoms with Crippen LogP contribution in [0.15, 0.2) is 36.4 Å². The first kappa shape index (κ1) is 18.5. The zero-order valence-corrected chi connectivity index (χ0v) is 15.2. The SMILES string of the molecule is Nc1nc(OCCN2CCOCC2)c2cc(-c3cccc(F)c3F)ccc2n1. The van der Waals surface area contributed by atoms with Crippen molar-refractivity contribution in [1.29, 1.82) is 0 Å². The summed E-state index contributed by atoms with van der Waals surface area (Å²) >= 11 is 0. The van der Waals surface area contributed by atoms with Gasteiger partial charge >= 0.3 is 0 Å². The van der Waals surface area contributed by atoms with Gasteiger partial charge in [-0.15, -0.1) is 0 Å². The number of nitrogen functional groups attached to an aromatic ring is 1. The van der Waals surface area contributed by atoms with Gasteiger partial charge in [0, 0.05) is 25.2 Å². The summed E-state index contributed by atoms with van der Waals surface area (Å²) in [6, 6.07) is 9.14. The van der Waals surface area contributed by atoms with Crippen LogP contribution >= 0.6 is 0 Å². The van der Waals surface area contributed by atoms with Crippen molar-refractivity contribution in [3.63, 3.8) is 0 Å². The Hall–Kier alpha value is -2.84. The molecule has 0 amide bonds. The number of benzene rings is 2. The minimum atomic E-state index is -0.895. The van der Waals surface area contributed by atoms with E-state index >= 15 is 0 Å². The van der Waals surface area contributed by atoms with Crippen molar-refractivity contribution >= 4 is 16.9 Å². The number of halogens is 2. The number of ether oxygens (including phenoxy) is 2. The van der Waals surface area contributed by atoms with Crippen molar-refractivity contribution in [2.45, 2.75) is 0 Å². The molecule has 2 N–H and O–H groups in total. The molecule has 28 heavy (non-hydrogen) atoms. The highest BCUT2D eigenvalue weighted by Gasteiger charge is 2.15. The van der Waals surface area contributed by atoms with Gasteiger partial charge in [-0.05, 0) is 23.8 Å². The molecular formula is C20H20F2N4O2. The van der Waals surface area contributed by atoms with E-state index in [4.69, 9.17) is 15.2 Å². The van der Waals surface area contributed by atoms with Gasteiger partial charge in [0.05, 0.1) is 24.1 Å². The molecule has 3 aromatic rings. The van der Waals surface area contributed by atoms with Crippen molar-refractivity contribution in [3.8, 4) is 17.0 Å². The van der Waals surface area contributed by atoms with E-state index in [2.05, 4.69) is 14.9 Å². The molecule has 0 atom stereocenters. The Labute approximate surface area is 160 Å². The zero-order valence-electron chi connectivity index (χ0n) is 15.2. The fraction of sp³-hybridized carbons (Fsp3) is 0.300. The molecule has 6 nitrogen and oxygen atoms in total. The summed E-state index contributed by atoms with van der Waals surface area (Å²) in [7, 11) is 0. The van der Waals surface area contributed by atoms with Gasteiger partial charge < -0.3 is 15.2 Å². The van der Waals surface area contributed by atoms with Gasteiger partial charge in [0.1, 0.15) is 6.61 Å². The van der Waals surface area contributed by atoms with Crippen molar-refractivity contribution in [3.05, 3.63) is 48.0 Å². The molecule has 0 bridgehead atoms. The summed E-state index contributed by atoms with van der Waals surface area (Å²) in [5, 5.41) is 0.595. The van der Waals surface area contributed by atoms with Crippen LogP contribution in [0.1, 0.15) is 0 Å². The number of nitrogens with two attached hydrogens (primary N) is 1. The normalized spacial score (nSPS) is 15.1. The molecule has 0 radical (unpaired) electrons. The van der Waals surface area contributed by atoms with Crippen LogP contribution in [0.4, 0.5) is 14.7 Å². The third kappa shape index (κ3) is 3.88. The Morgan fingerprint density at radius 1 is 1.11 bits per heavy atom. The van der Waals surface area contributed by atoms with Crippen LogP contribution in [0.2, 0.25) is 0 Å². The number of hydrogen-bond donors (Lipinski definition) is 1. The molecule has 1 saturated heterocycles. The third-order valence-electron chi connectivity index (χ3n) is 4.69. The maximum absolute atomic E-state index is 14.2. The zero-order chi connectivity index (χ0) is 19.5. The first-order valence-electron chi connectivity index (χ1n) is 9.06. The fourth-order valence-electron chi connectivity index (χ4n) is 3.22. The van der Waals surface area contributed by atoms with Crippen molar-refractivity contribution in [1.82, 2.24) is 14.9 Å². The highest BCUT2D eigenvalue weighted by Crippen LogP contribution is 2.31. The van der Waals surface area contributed by atoms with E-state index in [0.717, 1.165) is 25.7 Å². The average molecular weight is 386 g/mol. The van der Waals surface area contributed by atoms with Gasteiger partial charge in [0.25, 0.3) is 0 Å². The van der Waals surface area contributed by atoms with Crippen LogP contribution in [-0.4, -0.2) is 54.3 Å². The number of fused-ring (bicyclic) bond motifs is 1. The lowest BCUT2D eigenvalue weighted by molar-refractivity contribution is 0.0321. The standard InChI is InChI=1S/C20H20F2N4O2/c21-16-3-1-2-14(18(16)22)13-4-5-17-15(12-13)19(25-20(23)24-17)28-11-8-26-6-9-27-10-7-26/h1-5,12H,6-11H2,(H2,23,24,25). The maximum Gasteiger partial charge on any atom is 0.226 e. The summed E-state index contributed by atoms with van der Waals surface area (Å²) in [5.74, 6) is -1.37. The Balaban J connectivity index is 1.62. The van der Waals surface area contributed by atoms with Crippen LogP contribution in [0.25, 0.3) is 22.0 Å². The third-order valence-corrected chi connectivity index (χ3v) is 4.69. The van der Waals surface area contributed by atoms with E-state index in [-0.39, 0.29) is 11.5 Å². The summed E-state index contributed by atoms with van der Waals surface area (Å²) in [6.45, 7) is 4.30. The lowest BCUT2D eigenvalue weighted by Gasteiger charge is -2.26. The Bertz CT molecular complexity index is 993. The van der Waals surface area contributed by atoms with Crippen LogP contribution in [-0.2, 0) is 4.74 Å². The highest BCUT2D eigenvalue weighted by molar-refractivity contribution is 5.89. The predicted octanol–water partition coefficient (Wildman–Crippen LogP) is 2.87. The van der Waals surface area contributed by atoms with Crippen molar-refractivity contribution in [2.24, 2.45) is 0 Å². The summed E-state index contributed by atoms with van der Waals surface area (Å²) in [4.78, 5) is 10.6. The van der Waals surface area contributed by atoms with Crippen LogP contribution in [0.5, 0.6) is 5.88 Å². The molecule has 0 spiro atoms. The maximum atomic E-state index is 14.2. The molecule has 0 aliphatic carbocycles. The smallest absolute Gasteiger partial charge is 0.226 e. The van der Waals surface area contributed by atoms with Gasteiger partial charge in [-0.25, -0.2) is 13.8 Å². The minimum Gasteiger partial charge on any atom is -0.476 e. The van der Waals surface area contributed by atoms with Gasteiger partial charge in [-0.1, -0.05) is 18.2 Å².